The second-order valence-corrected chi connectivity index (χ2v) is 5.02. The number of allylic oxidation sites excluding steroid dienone is 1. The molecule has 0 saturated carbocycles. The van der Waals surface area contributed by atoms with E-state index in [9.17, 15) is 15.4 Å². The molecule has 0 saturated heterocycles. The number of ether oxygens (including phenoxy) is 1. The van der Waals surface area contributed by atoms with Gasteiger partial charge in [0.15, 0.2) is 0 Å². The second-order valence-electron chi connectivity index (χ2n) is 5.02. The number of aromatic nitrogens is 2. The van der Waals surface area contributed by atoms with Gasteiger partial charge in [-0.2, -0.15) is 5.26 Å². The zero-order valence-corrected chi connectivity index (χ0v) is 12.2. The number of para-hydroxylation sites is 1. The Morgan fingerprint density at radius 1 is 1.52 bits per heavy atom. The van der Waals surface area contributed by atoms with Gasteiger partial charge >= 0.3 is 0 Å². The number of hydrogen-bond donors (Lipinski definition) is 2. The van der Waals surface area contributed by atoms with E-state index in [1.165, 1.54) is 6.07 Å². The molecular formula is C15H13N5O3. The lowest BCUT2D eigenvalue weighted by molar-refractivity contribution is -0.385. The van der Waals surface area contributed by atoms with Crippen molar-refractivity contribution in [3.63, 3.8) is 0 Å². The summed E-state index contributed by atoms with van der Waals surface area (Å²) in [7, 11) is 0. The third-order valence-corrected chi connectivity index (χ3v) is 3.82. The van der Waals surface area contributed by atoms with Gasteiger partial charge in [-0.05, 0) is 6.42 Å². The summed E-state index contributed by atoms with van der Waals surface area (Å²) in [5.41, 5.74) is 7.64. The van der Waals surface area contributed by atoms with Gasteiger partial charge in [-0.3, -0.25) is 15.2 Å². The van der Waals surface area contributed by atoms with E-state index in [1.54, 1.807) is 18.2 Å². The standard InChI is InChI=1S/C15H13N5O3/c1-2-10-13-12(8-5-3-4-6-11(8)20(21)22)9(7-16)14(17)23-15(13)19-18-10/h3-6,12H,2,17H2,1H3,(H,18,19). The number of nitrogens with zero attached hydrogens (tertiary/aromatic N) is 3. The number of aryl methyl sites for hydroxylation is 1. The molecule has 0 radical (unpaired) electrons. The van der Waals surface area contributed by atoms with Crippen molar-refractivity contribution in [2.24, 2.45) is 5.73 Å². The van der Waals surface area contributed by atoms with Gasteiger partial charge in [0, 0.05) is 17.3 Å². The minimum Gasteiger partial charge on any atom is -0.420 e. The van der Waals surface area contributed by atoms with Gasteiger partial charge in [0.25, 0.3) is 5.69 Å². The molecule has 2 aromatic rings. The van der Waals surface area contributed by atoms with Gasteiger partial charge in [-0.25, -0.2) is 0 Å². The number of nitro benzene ring substituents is 1. The maximum absolute atomic E-state index is 11.4. The van der Waals surface area contributed by atoms with E-state index in [2.05, 4.69) is 10.2 Å². The molecule has 1 unspecified atom stereocenters. The van der Waals surface area contributed by atoms with Crippen LogP contribution in [0.3, 0.4) is 0 Å². The number of hydrogen-bond acceptors (Lipinski definition) is 6. The number of nitriles is 1. The van der Waals surface area contributed by atoms with Crippen LogP contribution in [0.4, 0.5) is 5.69 Å². The minimum absolute atomic E-state index is 0.0749. The first-order chi connectivity index (χ1) is 11.1. The van der Waals surface area contributed by atoms with E-state index in [-0.39, 0.29) is 23.0 Å². The van der Waals surface area contributed by atoms with Gasteiger partial charge in [0.2, 0.25) is 11.8 Å². The molecule has 0 aliphatic carbocycles. The van der Waals surface area contributed by atoms with Crippen molar-refractivity contribution < 1.29 is 9.66 Å². The van der Waals surface area contributed by atoms with Crippen LogP contribution < -0.4 is 10.5 Å². The number of nitrogens with one attached hydrogen (secondary N) is 1. The minimum atomic E-state index is -0.681. The molecule has 8 heteroatoms. The molecule has 0 bridgehead atoms. The first-order valence-corrected chi connectivity index (χ1v) is 6.96. The summed E-state index contributed by atoms with van der Waals surface area (Å²) in [4.78, 5) is 10.9. The van der Waals surface area contributed by atoms with Crippen molar-refractivity contribution in [3.05, 3.63) is 62.7 Å². The van der Waals surface area contributed by atoms with E-state index >= 15 is 0 Å². The van der Waals surface area contributed by atoms with Crippen LogP contribution in [-0.2, 0) is 6.42 Å². The third kappa shape index (κ3) is 2.19. The van der Waals surface area contributed by atoms with Crippen LogP contribution in [0.25, 0.3) is 0 Å². The average Bonchev–Trinajstić information content (AvgIpc) is 2.95. The highest BCUT2D eigenvalue weighted by Gasteiger charge is 2.37. The van der Waals surface area contributed by atoms with Crippen LogP contribution >= 0.6 is 0 Å². The highest BCUT2D eigenvalue weighted by Crippen LogP contribution is 2.45. The zero-order chi connectivity index (χ0) is 16.6. The van der Waals surface area contributed by atoms with Crippen molar-refractivity contribution in [1.29, 1.82) is 5.26 Å². The van der Waals surface area contributed by atoms with E-state index in [4.69, 9.17) is 10.5 Å². The Balaban J connectivity index is 2.31. The Labute approximate surface area is 131 Å². The van der Waals surface area contributed by atoms with E-state index in [0.717, 1.165) is 5.69 Å². The van der Waals surface area contributed by atoms with E-state index in [0.29, 0.717) is 17.5 Å². The maximum Gasteiger partial charge on any atom is 0.273 e. The Kier molecular flexibility index (Phi) is 3.46. The Morgan fingerprint density at radius 2 is 2.26 bits per heavy atom. The van der Waals surface area contributed by atoms with Gasteiger partial charge in [-0.15, -0.1) is 5.10 Å². The number of aromatic amines is 1. The summed E-state index contributed by atoms with van der Waals surface area (Å²) < 4.78 is 5.39. The molecule has 0 fully saturated rings. The summed E-state index contributed by atoms with van der Waals surface area (Å²) in [5.74, 6) is -0.516. The Bertz CT molecular complexity index is 862. The lowest BCUT2D eigenvalue weighted by Crippen LogP contribution is -2.21. The van der Waals surface area contributed by atoms with Crippen molar-refractivity contribution in [2.75, 3.05) is 0 Å². The van der Waals surface area contributed by atoms with Crippen LogP contribution in [0, 0.1) is 21.4 Å². The van der Waals surface area contributed by atoms with Crippen molar-refractivity contribution >= 4 is 5.69 Å². The van der Waals surface area contributed by atoms with Crippen molar-refractivity contribution in [1.82, 2.24) is 10.2 Å². The van der Waals surface area contributed by atoms with Crippen LogP contribution in [0.5, 0.6) is 5.88 Å². The summed E-state index contributed by atoms with van der Waals surface area (Å²) in [6, 6.07) is 8.31. The molecule has 23 heavy (non-hydrogen) atoms. The molecular weight excluding hydrogens is 298 g/mol. The molecule has 8 nitrogen and oxygen atoms in total. The molecule has 1 atom stereocenters. The highest BCUT2D eigenvalue weighted by molar-refractivity contribution is 5.59. The second kappa shape index (κ2) is 5.46. The molecule has 3 rings (SSSR count). The van der Waals surface area contributed by atoms with Crippen molar-refractivity contribution in [2.45, 2.75) is 19.3 Å². The summed E-state index contributed by atoms with van der Waals surface area (Å²) >= 11 is 0. The predicted octanol–water partition coefficient (Wildman–Crippen LogP) is 2.10. The fourth-order valence-electron chi connectivity index (χ4n) is 2.79. The molecule has 0 spiro atoms. The molecule has 1 aromatic carbocycles. The predicted molar refractivity (Wildman–Crippen MR) is 80.4 cm³/mol. The molecule has 0 amide bonds. The number of rotatable bonds is 3. The number of H-pyrrole nitrogens is 1. The topological polar surface area (TPSA) is 131 Å². The average molecular weight is 311 g/mol. The molecule has 3 N–H and O–H groups in total. The van der Waals surface area contributed by atoms with E-state index in [1.807, 2.05) is 13.0 Å². The fourth-order valence-corrected chi connectivity index (χ4v) is 2.79. The highest BCUT2D eigenvalue weighted by atomic mass is 16.6. The molecule has 1 aliphatic rings. The zero-order valence-electron chi connectivity index (χ0n) is 12.2. The normalized spacial score (nSPS) is 16.4. The summed E-state index contributed by atoms with van der Waals surface area (Å²) in [5, 5.41) is 27.7. The number of fused-ring (bicyclic) bond motifs is 1. The molecule has 1 aliphatic heterocycles. The van der Waals surface area contributed by atoms with Crippen LogP contribution in [0.15, 0.2) is 35.7 Å². The Morgan fingerprint density at radius 3 is 2.91 bits per heavy atom. The smallest absolute Gasteiger partial charge is 0.273 e. The quantitative estimate of drug-likeness (QED) is 0.659. The van der Waals surface area contributed by atoms with Gasteiger partial charge in [0.1, 0.15) is 11.6 Å². The molecule has 1 aromatic heterocycles. The molecule has 2 heterocycles. The lowest BCUT2D eigenvalue weighted by atomic mass is 9.83. The SMILES string of the molecule is CCc1[nH]nc2c1C(c1ccccc1[N+](=O)[O-])C(C#N)=C(N)O2. The largest absolute Gasteiger partial charge is 0.420 e. The van der Waals surface area contributed by atoms with Crippen LogP contribution in [0.1, 0.15) is 29.7 Å². The monoisotopic (exact) mass is 311 g/mol. The van der Waals surface area contributed by atoms with Crippen LogP contribution in [-0.4, -0.2) is 15.1 Å². The first kappa shape index (κ1) is 14.6. The molecule has 116 valence electrons. The van der Waals surface area contributed by atoms with Crippen molar-refractivity contribution in [3.8, 4) is 11.9 Å². The first-order valence-electron chi connectivity index (χ1n) is 6.96. The summed E-state index contributed by atoms with van der Waals surface area (Å²) in [6.07, 6.45) is 0.613. The Hall–Kier alpha value is -3.34. The number of nitrogens with two attached hydrogens (primary N) is 1. The number of benzene rings is 1. The number of nitro groups is 1. The summed E-state index contributed by atoms with van der Waals surface area (Å²) in [6.45, 7) is 1.91. The third-order valence-electron chi connectivity index (χ3n) is 3.82. The van der Waals surface area contributed by atoms with Gasteiger partial charge in [-0.1, -0.05) is 25.1 Å². The van der Waals surface area contributed by atoms with Crippen LogP contribution in [0.2, 0.25) is 0 Å². The van der Waals surface area contributed by atoms with Gasteiger partial charge in [0.05, 0.1) is 16.4 Å². The van der Waals surface area contributed by atoms with E-state index < -0.39 is 10.8 Å². The fraction of sp³-hybridized carbons (Fsp3) is 0.200. The maximum atomic E-state index is 11.4. The van der Waals surface area contributed by atoms with Gasteiger partial charge < -0.3 is 10.5 Å². The lowest BCUT2D eigenvalue weighted by Gasteiger charge is -2.23.